The first-order valence-corrected chi connectivity index (χ1v) is 3.50. The molecule has 0 atom stereocenters. The molecule has 0 amide bonds. The highest BCUT2D eigenvalue weighted by Crippen LogP contribution is 2.26. The van der Waals surface area contributed by atoms with E-state index in [1.54, 1.807) is 0 Å². The molecule has 0 aromatic rings. The Morgan fingerprint density at radius 2 is 2.30 bits per heavy atom. The first kappa shape index (κ1) is 7.54. The lowest BCUT2D eigenvalue weighted by Gasteiger charge is -2.30. The molecule has 1 N–H and O–H groups in total. The number of aliphatic hydroxyl groups is 1. The normalized spacial score (nSPS) is 31.0. The van der Waals surface area contributed by atoms with Crippen molar-refractivity contribution in [3.8, 4) is 0 Å². The molecule has 58 valence electrons. The van der Waals surface area contributed by atoms with Crippen LogP contribution in [0.1, 0.15) is 19.8 Å². The molecule has 0 saturated heterocycles. The van der Waals surface area contributed by atoms with Crippen LogP contribution in [0.15, 0.2) is 0 Å². The van der Waals surface area contributed by atoms with E-state index in [4.69, 9.17) is 9.84 Å². The molecular weight excluding hydrogens is 132 g/mol. The summed E-state index contributed by atoms with van der Waals surface area (Å²) in [6.45, 7) is 1.88. The van der Waals surface area contributed by atoms with Crippen molar-refractivity contribution in [2.75, 3.05) is 6.61 Å². The highest BCUT2D eigenvalue weighted by molar-refractivity contribution is 5.65. The molecule has 3 nitrogen and oxygen atoms in total. The van der Waals surface area contributed by atoms with Gasteiger partial charge in [0.05, 0.1) is 12.7 Å². The van der Waals surface area contributed by atoms with E-state index >= 15 is 0 Å². The molecule has 0 aromatic heterocycles. The third kappa shape index (κ3) is 1.99. The van der Waals surface area contributed by atoms with E-state index < -0.39 is 0 Å². The molecule has 1 aliphatic carbocycles. The number of carbonyl (C=O) groups is 1. The van der Waals surface area contributed by atoms with E-state index in [1.807, 2.05) is 0 Å². The Morgan fingerprint density at radius 3 is 2.70 bits per heavy atom. The van der Waals surface area contributed by atoms with Gasteiger partial charge in [-0.05, 0) is 18.8 Å². The molecule has 10 heavy (non-hydrogen) atoms. The highest BCUT2D eigenvalue weighted by Gasteiger charge is 2.27. The van der Waals surface area contributed by atoms with Crippen LogP contribution in [0.4, 0.5) is 0 Å². The quantitative estimate of drug-likeness (QED) is 0.568. The molecule has 1 saturated carbocycles. The number of rotatable bonds is 2. The number of aliphatic hydroxyl groups excluding tert-OH is 1. The van der Waals surface area contributed by atoms with Gasteiger partial charge in [-0.15, -0.1) is 0 Å². The van der Waals surface area contributed by atoms with Crippen LogP contribution in [0.2, 0.25) is 0 Å². The minimum Gasteiger partial charge on any atom is -0.466 e. The summed E-state index contributed by atoms with van der Waals surface area (Å²) in [5, 5.41) is 8.84. The molecule has 0 bridgehead atoms. The fourth-order valence-corrected chi connectivity index (χ4v) is 1.07. The minimum absolute atomic E-state index is 0.152. The van der Waals surface area contributed by atoms with Gasteiger partial charge in [-0.3, -0.25) is 4.79 Å². The molecule has 1 aliphatic rings. The number of carbonyl (C=O) groups excluding carboxylic acids is 1. The lowest BCUT2D eigenvalue weighted by molar-refractivity contribution is -0.144. The Labute approximate surface area is 60.0 Å². The molecule has 0 heterocycles. The van der Waals surface area contributed by atoms with Gasteiger partial charge < -0.3 is 9.84 Å². The van der Waals surface area contributed by atoms with Gasteiger partial charge in [0, 0.05) is 6.92 Å². The molecule has 3 heteroatoms. The summed E-state index contributed by atoms with van der Waals surface area (Å²) in [7, 11) is 0. The van der Waals surface area contributed by atoms with Crippen molar-refractivity contribution in [2.45, 2.75) is 25.9 Å². The van der Waals surface area contributed by atoms with Crippen LogP contribution in [0, 0.1) is 5.92 Å². The van der Waals surface area contributed by atoms with Crippen LogP contribution in [0.5, 0.6) is 0 Å². The van der Waals surface area contributed by atoms with Crippen molar-refractivity contribution in [3.05, 3.63) is 0 Å². The molecular formula is C7H12O3. The van der Waals surface area contributed by atoms with Crippen LogP contribution in [0.25, 0.3) is 0 Å². The number of ether oxygens (including phenoxy) is 1. The standard InChI is InChI=1S/C7H12O3/c1-5(8)10-4-6-2-7(9)3-6/h6-7,9H,2-4H2,1H3/t6-,7+. The number of hydrogen-bond acceptors (Lipinski definition) is 3. The lowest BCUT2D eigenvalue weighted by Crippen LogP contribution is -2.32. The Hall–Kier alpha value is -0.570. The Morgan fingerprint density at radius 1 is 1.70 bits per heavy atom. The smallest absolute Gasteiger partial charge is 0.302 e. The summed E-state index contributed by atoms with van der Waals surface area (Å²) in [4.78, 5) is 10.3. The van der Waals surface area contributed by atoms with E-state index in [-0.39, 0.29) is 12.1 Å². The zero-order chi connectivity index (χ0) is 7.56. The van der Waals surface area contributed by atoms with Gasteiger partial charge in [0.25, 0.3) is 0 Å². The second-order valence-electron chi connectivity index (χ2n) is 2.79. The predicted octanol–water partition coefficient (Wildman–Crippen LogP) is 0.320. The summed E-state index contributed by atoms with van der Waals surface area (Å²) in [6.07, 6.45) is 1.42. The maximum atomic E-state index is 10.3. The fourth-order valence-electron chi connectivity index (χ4n) is 1.07. The van der Waals surface area contributed by atoms with Crippen LogP contribution >= 0.6 is 0 Å². The zero-order valence-electron chi connectivity index (χ0n) is 6.04. The van der Waals surface area contributed by atoms with Crippen LogP contribution in [-0.4, -0.2) is 23.8 Å². The molecule has 0 aliphatic heterocycles. The SMILES string of the molecule is CC(=O)OC[C@H]1C[C@@H](O)C1. The summed E-state index contributed by atoms with van der Waals surface area (Å²) < 4.78 is 4.74. The van der Waals surface area contributed by atoms with Crippen molar-refractivity contribution in [3.63, 3.8) is 0 Å². The lowest BCUT2D eigenvalue weighted by atomic mass is 9.83. The Balaban J connectivity index is 2.00. The van der Waals surface area contributed by atoms with Gasteiger partial charge in [-0.25, -0.2) is 0 Å². The summed E-state index contributed by atoms with van der Waals surface area (Å²) in [5.74, 6) is 0.167. The van der Waals surface area contributed by atoms with Crippen LogP contribution in [-0.2, 0) is 9.53 Å². The first-order valence-electron chi connectivity index (χ1n) is 3.50. The monoisotopic (exact) mass is 144 g/mol. The molecule has 0 radical (unpaired) electrons. The Bertz CT molecular complexity index is 127. The summed E-state index contributed by atoms with van der Waals surface area (Å²) in [6, 6.07) is 0. The van der Waals surface area contributed by atoms with E-state index in [0.29, 0.717) is 12.5 Å². The van der Waals surface area contributed by atoms with E-state index in [0.717, 1.165) is 12.8 Å². The van der Waals surface area contributed by atoms with Gasteiger partial charge in [0.2, 0.25) is 0 Å². The van der Waals surface area contributed by atoms with E-state index in [2.05, 4.69) is 0 Å². The largest absolute Gasteiger partial charge is 0.466 e. The second kappa shape index (κ2) is 3.01. The van der Waals surface area contributed by atoms with Gasteiger partial charge in [0.15, 0.2) is 0 Å². The zero-order valence-corrected chi connectivity index (χ0v) is 6.04. The first-order chi connectivity index (χ1) is 4.68. The number of hydrogen-bond donors (Lipinski definition) is 1. The average Bonchev–Trinajstić information content (AvgIpc) is 1.77. The van der Waals surface area contributed by atoms with Gasteiger partial charge >= 0.3 is 5.97 Å². The topological polar surface area (TPSA) is 46.5 Å². The number of esters is 1. The molecule has 0 unspecified atom stereocenters. The minimum atomic E-state index is -0.235. The van der Waals surface area contributed by atoms with Gasteiger partial charge in [-0.2, -0.15) is 0 Å². The van der Waals surface area contributed by atoms with Crippen molar-refractivity contribution < 1.29 is 14.6 Å². The predicted molar refractivity (Wildman–Crippen MR) is 35.4 cm³/mol. The molecule has 0 aromatic carbocycles. The molecule has 1 rings (SSSR count). The van der Waals surface area contributed by atoms with Crippen molar-refractivity contribution in [2.24, 2.45) is 5.92 Å². The molecule has 0 spiro atoms. The highest BCUT2D eigenvalue weighted by atomic mass is 16.5. The third-order valence-electron chi connectivity index (χ3n) is 1.73. The van der Waals surface area contributed by atoms with E-state index in [9.17, 15) is 4.79 Å². The van der Waals surface area contributed by atoms with Gasteiger partial charge in [-0.1, -0.05) is 0 Å². The fraction of sp³-hybridized carbons (Fsp3) is 0.857. The summed E-state index contributed by atoms with van der Waals surface area (Å²) in [5.41, 5.74) is 0. The maximum Gasteiger partial charge on any atom is 0.302 e. The van der Waals surface area contributed by atoms with Crippen molar-refractivity contribution in [1.82, 2.24) is 0 Å². The Kier molecular flexibility index (Phi) is 2.27. The van der Waals surface area contributed by atoms with E-state index in [1.165, 1.54) is 6.92 Å². The molecule has 1 fully saturated rings. The van der Waals surface area contributed by atoms with Crippen molar-refractivity contribution >= 4 is 5.97 Å². The third-order valence-corrected chi connectivity index (χ3v) is 1.73. The van der Waals surface area contributed by atoms with Gasteiger partial charge in [0.1, 0.15) is 0 Å². The van der Waals surface area contributed by atoms with Crippen LogP contribution in [0.3, 0.4) is 0 Å². The van der Waals surface area contributed by atoms with Crippen molar-refractivity contribution in [1.29, 1.82) is 0 Å². The van der Waals surface area contributed by atoms with Crippen LogP contribution < -0.4 is 0 Å². The second-order valence-corrected chi connectivity index (χ2v) is 2.79. The summed E-state index contributed by atoms with van der Waals surface area (Å²) >= 11 is 0. The average molecular weight is 144 g/mol. The maximum absolute atomic E-state index is 10.3.